The number of aromatic nitrogens is 8. The van der Waals surface area contributed by atoms with Crippen LogP contribution in [0, 0.1) is 6.92 Å². The van der Waals surface area contributed by atoms with Crippen LogP contribution in [-0.4, -0.2) is 45.6 Å². The molecule has 4 aromatic rings. The van der Waals surface area contributed by atoms with Crippen molar-refractivity contribution in [2.24, 2.45) is 7.05 Å². The zero-order valence-corrected chi connectivity index (χ0v) is 18.1. The van der Waals surface area contributed by atoms with Crippen molar-refractivity contribution >= 4 is 11.6 Å². The Hall–Kier alpha value is -4.15. The fourth-order valence-corrected chi connectivity index (χ4v) is 3.15. The average Bonchev–Trinajstić information content (AvgIpc) is 3.38. The van der Waals surface area contributed by atoms with E-state index in [-0.39, 0.29) is 5.91 Å². The molecule has 0 aliphatic carbocycles. The number of hydrogen-bond donors (Lipinski definition) is 2. The summed E-state index contributed by atoms with van der Waals surface area (Å²) in [7, 11) is 1.88. The second-order valence-electron chi connectivity index (χ2n) is 7.13. The molecule has 11 heteroatoms. The third-order valence-electron chi connectivity index (χ3n) is 4.97. The third kappa shape index (κ3) is 4.61. The molecule has 164 valence electrons. The number of hydrogen-bond acceptors (Lipinski definition) is 8. The van der Waals surface area contributed by atoms with Gasteiger partial charge in [0.15, 0.2) is 11.6 Å². The largest absolute Gasteiger partial charge is 0.378 e. The van der Waals surface area contributed by atoms with Crippen LogP contribution in [0.25, 0.3) is 11.5 Å². The van der Waals surface area contributed by atoms with Gasteiger partial charge in [-0.1, -0.05) is 6.07 Å². The van der Waals surface area contributed by atoms with Crippen molar-refractivity contribution in [3.05, 3.63) is 65.6 Å². The van der Waals surface area contributed by atoms with Gasteiger partial charge in [-0.2, -0.15) is 15.0 Å². The minimum absolute atomic E-state index is 0.177. The summed E-state index contributed by atoms with van der Waals surface area (Å²) in [4.78, 5) is 22.4. The molecule has 1 aromatic carbocycles. The van der Waals surface area contributed by atoms with Gasteiger partial charge in [0.25, 0.3) is 5.91 Å². The van der Waals surface area contributed by atoms with Crippen LogP contribution in [0.3, 0.4) is 0 Å². The Kier molecular flexibility index (Phi) is 6.15. The summed E-state index contributed by atoms with van der Waals surface area (Å²) in [6.07, 6.45) is 3.14. The van der Waals surface area contributed by atoms with E-state index in [1.807, 2.05) is 37.6 Å². The van der Waals surface area contributed by atoms with Gasteiger partial charge in [-0.25, -0.2) is 9.97 Å². The highest BCUT2D eigenvalue weighted by Crippen LogP contribution is 2.16. The van der Waals surface area contributed by atoms with Crippen LogP contribution in [0.4, 0.5) is 5.69 Å². The Morgan fingerprint density at radius 3 is 2.75 bits per heavy atom. The number of rotatable bonds is 8. The van der Waals surface area contributed by atoms with Crippen molar-refractivity contribution in [3.63, 3.8) is 0 Å². The molecule has 0 fully saturated rings. The summed E-state index contributed by atoms with van der Waals surface area (Å²) in [6, 6.07) is 9.08. The lowest BCUT2D eigenvalue weighted by Crippen LogP contribution is -2.23. The lowest BCUT2D eigenvalue weighted by molar-refractivity contribution is 0.0950. The molecule has 2 N–H and O–H groups in total. The van der Waals surface area contributed by atoms with Crippen molar-refractivity contribution < 1.29 is 4.79 Å². The van der Waals surface area contributed by atoms with Gasteiger partial charge >= 0.3 is 0 Å². The number of amides is 1. The van der Waals surface area contributed by atoms with Crippen LogP contribution in [0.15, 0.2) is 42.9 Å². The van der Waals surface area contributed by atoms with E-state index in [1.165, 1.54) is 6.33 Å². The highest BCUT2D eigenvalue weighted by molar-refractivity contribution is 5.95. The van der Waals surface area contributed by atoms with Crippen LogP contribution in [0.5, 0.6) is 0 Å². The fraction of sp³-hybridized carbons (Fsp3) is 0.286. The van der Waals surface area contributed by atoms with Crippen molar-refractivity contribution in [1.29, 1.82) is 0 Å². The van der Waals surface area contributed by atoms with Crippen molar-refractivity contribution in [1.82, 2.24) is 45.0 Å². The van der Waals surface area contributed by atoms with Crippen LogP contribution < -0.4 is 10.6 Å². The molecular weight excluding hydrogens is 408 g/mol. The van der Waals surface area contributed by atoms with Gasteiger partial charge in [-0.3, -0.25) is 4.79 Å². The van der Waals surface area contributed by atoms with E-state index in [0.29, 0.717) is 36.7 Å². The van der Waals surface area contributed by atoms with Gasteiger partial charge in [0.1, 0.15) is 17.7 Å². The predicted octanol–water partition coefficient (Wildman–Crippen LogP) is 1.73. The normalized spacial score (nSPS) is 10.8. The molecule has 3 heterocycles. The Morgan fingerprint density at radius 2 is 2.00 bits per heavy atom. The molecule has 0 unspecified atom stereocenters. The maximum Gasteiger partial charge on any atom is 0.251 e. The quantitative estimate of drug-likeness (QED) is 0.431. The van der Waals surface area contributed by atoms with E-state index in [9.17, 15) is 4.79 Å². The second-order valence-corrected chi connectivity index (χ2v) is 7.13. The second kappa shape index (κ2) is 9.33. The fourth-order valence-electron chi connectivity index (χ4n) is 3.15. The Morgan fingerprint density at radius 1 is 1.12 bits per heavy atom. The summed E-state index contributed by atoms with van der Waals surface area (Å²) < 4.78 is 1.87. The maximum atomic E-state index is 12.6. The predicted molar refractivity (Wildman–Crippen MR) is 117 cm³/mol. The molecule has 1 amide bonds. The Balaban J connectivity index is 1.38. The molecule has 11 nitrogen and oxygen atoms in total. The van der Waals surface area contributed by atoms with E-state index in [1.54, 1.807) is 29.2 Å². The minimum Gasteiger partial charge on any atom is -0.378 e. The van der Waals surface area contributed by atoms with Crippen LogP contribution in [0.1, 0.15) is 34.5 Å². The summed E-state index contributed by atoms with van der Waals surface area (Å²) in [5, 5.41) is 23.3. The van der Waals surface area contributed by atoms with Gasteiger partial charge < -0.3 is 15.2 Å². The molecular formula is C21H24N10O. The zero-order valence-electron chi connectivity index (χ0n) is 18.1. The van der Waals surface area contributed by atoms with E-state index >= 15 is 0 Å². The highest BCUT2D eigenvalue weighted by Gasteiger charge is 2.13. The molecule has 0 atom stereocenters. The third-order valence-corrected chi connectivity index (χ3v) is 4.97. The van der Waals surface area contributed by atoms with E-state index in [4.69, 9.17) is 0 Å². The van der Waals surface area contributed by atoms with Crippen molar-refractivity contribution in [3.8, 4) is 11.5 Å². The van der Waals surface area contributed by atoms with Crippen molar-refractivity contribution in [2.45, 2.75) is 33.5 Å². The molecule has 0 spiro atoms. The number of nitrogens with one attached hydrogen (secondary N) is 2. The van der Waals surface area contributed by atoms with Gasteiger partial charge in [-0.15, -0.1) is 10.2 Å². The molecule has 0 saturated carbocycles. The molecule has 0 aliphatic rings. The number of anilines is 1. The Bertz CT molecular complexity index is 1210. The standard InChI is InChI=1S/C21H24N10O/c1-4-31-28-14(2)18(29-31)11-24-21(32)15-6-5-7-16(10-15)23-12-19-26-27-20(30(19)3)17-8-9-22-13-25-17/h5-10,13,23H,4,11-12H2,1-3H3,(H,24,32). The first-order valence-corrected chi connectivity index (χ1v) is 10.2. The number of benzene rings is 1. The molecule has 32 heavy (non-hydrogen) atoms. The van der Waals surface area contributed by atoms with E-state index in [2.05, 4.69) is 41.0 Å². The minimum atomic E-state index is -0.177. The first-order chi connectivity index (χ1) is 15.5. The SMILES string of the molecule is CCn1nc(C)c(CNC(=O)c2cccc(NCc3nnc(-c4ccncn4)n3C)c2)n1. The monoisotopic (exact) mass is 432 g/mol. The van der Waals surface area contributed by atoms with E-state index in [0.717, 1.165) is 22.9 Å². The number of aryl methyl sites for hydroxylation is 2. The average molecular weight is 432 g/mol. The lowest BCUT2D eigenvalue weighted by Gasteiger charge is -2.09. The number of nitrogens with zero attached hydrogens (tertiary/aromatic N) is 8. The zero-order chi connectivity index (χ0) is 22.5. The molecule has 0 radical (unpaired) electrons. The van der Waals surface area contributed by atoms with Crippen LogP contribution in [0.2, 0.25) is 0 Å². The molecule has 0 saturated heterocycles. The molecule has 0 bridgehead atoms. The van der Waals surface area contributed by atoms with Crippen molar-refractivity contribution in [2.75, 3.05) is 5.32 Å². The lowest BCUT2D eigenvalue weighted by atomic mass is 10.2. The smallest absolute Gasteiger partial charge is 0.251 e. The van der Waals surface area contributed by atoms with Gasteiger partial charge in [-0.05, 0) is 38.1 Å². The van der Waals surface area contributed by atoms with Gasteiger partial charge in [0.2, 0.25) is 0 Å². The summed E-state index contributed by atoms with van der Waals surface area (Å²) in [5.41, 5.74) is 3.63. The summed E-state index contributed by atoms with van der Waals surface area (Å²) >= 11 is 0. The first-order valence-electron chi connectivity index (χ1n) is 10.2. The molecule has 3 aromatic heterocycles. The molecule has 0 aliphatic heterocycles. The Labute approximate surface area is 184 Å². The number of carbonyl (C=O) groups is 1. The summed E-state index contributed by atoms with van der Waals surface area (Å²) in [6.45, 7) is 5.31. The van der Waals surface area contributed by atoms with E-state index < -0.39 is 0 Å². The maximum absolute atomic E-state index is 12.6. The highest BCUT2D eigenvalue weighted by atomic mass is 16.1. The van der Waals surface area contributed by atoms with Crippen LogP contribution in [-0.2, 0) is 26.7 Å². The number of carbonyl (C=O) groups excluding carboxylic acids is 1. The van der Waals surface area contributed by atoms with Gasteiger partial charge in [0, 0.05) is 24.5 Å². The van der Waals surface area contributed by atoms with Crippen LogP contribution >= 0.6 is 0 Å². The van der Waals surface area contributed by atoms with Gasteiger partial charge in [0.05, 0.1) is 25.3 Å². The summed E-state index contributed by atoms with van der Waals surface area (Å²) in [5.74, 6) is 1.22. The first kappa shape index (κ1) is 21.1. The molecule has 4 rings (SSSR count). The topological polar surface area (TPSA) is 128 Å².